The van der Waals surface area contributed by atoms with Gasteiger partial charge in [0, 0.05) is 13.2 Å². The summed E-state index contributed by atoms with van der Waals surface area (Å²) in [7, 11) is 1.95. The van der Waals surface area contributed by atoms with E-state index in [2.05, 4.69) is 33.0 Å². The van der Waals surface area contributed by atoms with E-state index in [0.717, 1.165) is 18.4 Å². The van der Waals surface area contributed by atoms with E-state index in [1.54, 1.807) is 0 Å². The molecule has 2 aliphatic rings. The fourth-order valence-electron chi connectivity index (χ4n) is 4.61. The Kier molecular flexibility index (Phi) is 5.76. The van der Waals surface area contributed by atoms with Crippen LogP contribution in [-0.4, -0.2) is 25.3 Å². The minimum absolute atomic E-state index is 0.0801. The molecule has 0 spiro atoms. The molecule has 1 atom stereocenters. The third-order valence-corrected chi connectivity index (χ3v) is 6.38. The van der Waals surface area contributed by atoms with Crippen molar-refractivity contribution in [3.05, 3.63) is 0 Å². The van der Waals surface area contributed by atoms with Crippen molar-refractivity contribution in [3.8, 4) is 0 Å². The van der Waals surface area contributed by atoms with Gasteiger partial charge in [0.2, 0.25) is 0 Å². The maximum absolute atomic E-state index is 6.20. The molecule has 0 aromatic carbocycles. The molecule has 0 aromatic heterocycles. The minimum atomic E-state index is 0.0801. The van der Waals surface area contributed by atoms with Crippen molar-refractivity contribution in [2.24, 2.45) is 17.3 Å². The Balaban J connectivity index is 2.11. The van der Waals surface area contributed by atoms with Gasteiger partial charge in [0.15, 0.2) is 0 Å². The summed E-state index contributed by atoms with van der Waals surface area (Å²) in [5, 5.41) is 3.83. The molecule has 0 bridgehead atoms. The summed E-state index contributed by atoms with van der Waals surface area (Å²) in [4.78, 5) is 0. The van der Waals surface area contributed by atoms with Gasteiger partial charge in [0.25, 0.3) is 0 Å². The molecule has 2 rings (SSSR count). The average molecular weight is 296 g/mol. The van der Waals surface area contributed by atoms with Crippen LogP contribution in [0.3, 0.4) is 0 Å². The van der Waals surface area contributed by atoms with Crippen molar-refractivity contribution >= 4 is 0 Å². The van der Waals surface area contributed by atoms with Gasteiger partial charge < -0.3 is 10.1 Å². The van der Waals surface area contributed by atoms with E-state index < -0.39 is 0 Å². The molecular weight excluding hydrogens is 258 g/mol. The Morgan fingerprint density at radius 1 is 1.05 bits per heavy atom. The fraction of sp³-hybridized carbons (Fsp3) is 1.00. The van der Waals surface area contributed by atoms with Crippen molar-refractivity contribution in [1.82, 2.24) is 5.32 Å². The van der Waals surface area contributed by atoms with Gasteiger partial charge in [-0.3, -0.25) is 0 Å². The van der Waals surface area contributed by atoms with Gasteiger partial charge in [-0.2, -0.15) is 0 Å². The Morgan fingerprint density at radius 3 is 2.10 bits per heavy atom. The number of ether oxygens (including phenoxy) is 1. The van der Waals surface area contributed by atoms with Crippen LogP contribution in [0.15, 0.2) is 0 Å². The van der Waals surface area contributed by atoms with E-state index in [4.69, 9.17) is 4.74 Å². The Bertz CT molecular complexity index is 308. The number of methoxy groups -OCH3 is 1. The van der Waals surface area contributed by atoms with Crippen LogP contribution < -0.4 is 5.32 Å². The lowest BCUT2D eigenvalue weighted by Crippen LogP contribution is -2.58. The van der Waals surface area contributed by atoms with E-state index in [1.165, 1.54) is 51.4 Å². The first-order valence-electron chi connectivity index (χ1n) is 9.21. The summed E-state index contributed by atoms with van der Waals surface area (Å²) < 4.78 is 6.20. The van der Waals surface area contributed by atoms with Crippen LogP contribution in [0.1, 0.15) is 79.1 Å². The standard InChI is InChI=1S/C19H37NO/c1-6-20-17(16-9-7-15(2)8-10-16)19(21-5)13-11-18(3,4)12-14-19/h15-17,20H,6-14H2,1-5H3. The van der Waals surface area contributed by atoms with Crippen molar-refractivity contribution < 1.29 is 4.74 Å². The first kappa shape index (κ1) is 17.3. The lowest BCUT2D eigenvalue weighted by atomic mass is 9.64. The molecule has 1 N–H and O–H groups in total. The molecule has 0 amide bonds. The zero-order valence-corrected chi connectivity index (χ0v) is 15.0. The van der Waals surface area contributed by atoms with Crippen LogP contribution in [-0.2, 0) is 4.74 Å². The summed E-state index contributed by atoms with van der Waals surface area (Å²) >= 11 is 0. The molecule has 2 nitrogen and oxygen atoms in total. The normalized spacial score (nSPS) is 33.6. The van der Waals surface area contributed by atoms with Gasteiger partial charge in [-0.1, -0.05) is 40.5 Å². The van der Waals surface area contributed by atoms with Crippen molar-refractivity contribution in [2.45, 2.75) is 90.7 Å². The fourth-order valence-corrected chi connectivity index (χ4v) is 4.61. The Hall–Kier alpha value is -0.0800. The topological polar surface area (TPSA) is 21.3 Å². The second-order valence-corrected chi connectivity index (χ2v) is 8.49. The van der Waals surface area contributed by atoms with Crippen LogP contribution in [0.5, 0.6) is 0 Å². The first-order valence-corrected chi connectivity index (χ1v) is 9.21. The summed E-state index contributed by atoms with van der Waals surface area (Å²) in [6.07, 6.45) is 10.6. The van der Waals surface area contributed by atoms with Crippen LogP contribution in [0.2, 0.25) is 0 Å². The van der Waals surface area contributed by atoms with Crippen molar-refractivity contribution in [1.29, 1.82) is 0 Å². The van der Waals surface area contributed by atoms with Crippen LogP contribution >= 0.6 is 0 Å². The molecule has 0 heterocycles. The van der Waals surface area contributed by atoms with Crippen LogP contribution in [0.25, 0.3) is 0 Å². The first-order chi connectivity index (χ1) is 9.92. The molecule has 0 radical (unpaired) electrons. The highest BCUT2D eigenvalue weighted by Crippen LogP contribution is 2.46. The smallest absolute Gasteiger partial charge is 0.0834 e. The average Bonchev–Trinajstić information content (AvgIpc) is 2.47. The highest BCUT2D eigenvalue weighted by atomic mass is 16.5. The highest BCUT2D eigenvalue weighted by Gasteiger charge is 2.47. The summed E-state index contributed by atoms with van der Waals surface area (Å²) in [6, 6.07) is 0.552. The molecule has 0 saturated heterocycles. The number of rotatable bonds is 5. The van der Waals surface area contributed by atoms with Gasteiger partial charge in [-0.15, -0.1) is 0 Å². The van der Waals surface area contributed by atoms with Gasteiger partial charge in [0.1, 0.15) is 0 Å². The molecule has 1 unspecified atom stereocenters. The van der Waals surface area contributed by atoms with E-state index in [1.807, 2.05) is 7.11 Å². The third-order valence-electron chi connectivity index (χ3n) is 6.38. The predicted octanol–water partition coefficient (Wildman–Crippen LogP) is 4.78. The number of hydrogen-bond acceptors (Lipinski definition) is 2. The van der Waals surface area contributed by atoms with Crippen LogP contribution in [0, 0.1) is 17.3 Å². The quantitative estimate of drug-likeness (QED) is 0.788. The maximum atomic E-state index is 6.20. The number of hydrogen-bond donors (Lipinski definition) is 1. The third kappa shape index (κ3) is 4.01. The molecule has 0 aliphatic heterocycles. The molecule has 2 aliphatic carbocycles. The second kappa shape index (κ2) is 7.00. The highest BCUT2D eigenvalue weighted by molar-refractivity contribution is 5.01. The maximum Gasteiger partial charge on any atom is 0.0834 e. The summed E-state index contributed by atoms with van der Waals surface area (Å²) in [5.74, 6) is 1.73. The van der Waals surface area contributed by atoms with E-state index >= 15 is 0 Å². The summed E-state index contributed by atoms with van der Waals surface area (Å²) in [5.41, 5.74) is 0.580. The van der Waals surface area contributed by atoms with E-state index in [0.29, 0.717) is 11.5 Å². The lowest BCUT2D eigenvalue weighted by molar-refractivity contribution is -0.102. The minimum Gasteiger partial charge on any atom is -0.377 e. The molecule has 2 saturated carbocycles. The van der Waals surface area contributed by atoms with Gasteiger partial charge in [-0.25, -0.2) is 0 Å². The zero-order valence-electron chi connectivity index (χ0n) is 15.0. The molecule has 124 valence electrons. The SMILES string of the molecule is CCNC(C1CCC(C)CC1)C1(OC)CCC(C)(C)CC1. The van der Waals surface area contributed by atoms with E-state index in [9.17, 15) is 0 Å². The van der Waals surface area contributed by atoms with Crippen LogP contribution in [0.4, 0.5) is 0 Å². The van der Waals surface area contributed by atoms with Gasteiger partial charge in [0.05, 0.1) is 5.60 Å². The van der Waals surface area contributed by atoms with Gasteiger partial charge in [-0.05, 0) is 62.3 Å². The predicted molar refractivity (Wildman–Crippen MR) is 90.6 cm³/mol. The van der Waals surface area contributed by atoms with Crippen molar-refractivity contribution in [2.75, 3.05) is 13.7 Å². The Morgan fingerprint density at radius 2 is 1.62 bits per heavy atom. The largest absolute Gasteiger partial charge is 0.377 e. The monoisotopic (exact) mass is 295 g/mol. The lowest BCUT2D eigenvalue weighted by Gasteiger charge is -2.50. The number of nitrogens with one attached hydrogen (secondary N) is 1. The van der Waals surface area contributed by atoms with E-state index in [-0.39, 0.29) is 5.60 Å². The van der Waals surface area contributed by atoms with Crippen molar-refractivity contribution in [3.63, 3.8) is 0 Å². The summed E-state index contributed by atoms with van der Waals surface area (Å²) in [6.45, 7) is 10.5. The molecule has 2 fully saturated rings. The molecule has 2 heteroatoms. The molecule has 0 aromatic rings. The molecule has 21 heavy (non-hydrogen) atoms. The second-order valence-electron chi connectivity index (χ2n) is 8.49. The zero-order chi connectivity index (χ0) is 15.5. The Labute approximate surface area is 132 Å². The molecular formula is C19H37NO. The number of likely N-dealkylation sites (N-methyl/N-ethyl adjacent to an activating group) is 1. The van der Waals surface area contributed by atoms with Gasteiger partial charge >= 0.3 is 0 Å².